The average molecular weight is 492 g/mol. The number of halogens is 3. The highest BCUT2D eigenvalue weighted by atomic mass is 19.4. The van der Waals surface area contributed by atoms with Gasteiger partial charge < -0.3 is 9.47 Å². The molecule has 0 spiro atoms. The Balaban J connectivity index is 1.59. The Morgan fingerprint density at radius 3 is 2.54 bits per heavy atom. The maximum atomic E-state index is 12.9. The van der Waals surface area contributed by atoms with E-state index in [0.29, 0.717) is 30.7 Å². The number of methoxy groups -OCH3 is 1. The number of hydrazine groups is 1. The van der Waals surface area contributed by atoms with Crippen LogP contribution in [-0.2, 0) is 38.3 Å². The molecule has 0 unspecified atom stereocenters. The molecule has 1 heterocycles. The third-order valence-corrected chi connectivity index (χ3v) is 5.56. The Hall–Kier alpha value is -3.40. The molecule has 1 aliphatic heterocycles. The molecular weight excluding hydrogens is 465 g/mol. The van der Waals surface area contributed by atoms with E-state index in [9.17, 15) is 27.6 Å². The number of esters is 1. The first kappa shape index (κ1) is 26.2. The number of alkyl halides is 3. The molecule has 0 saturated carbocycles. The molecular formula is C25H27F3N2O5. The van der Waals surface area contributed by atoms with Crippen LogP contribution in [0.2, 0.25) is 0 Å². The summed E-state index contributed by atoms with van der Waals surface area (Å²) >= 11 is 0. The van der Waals surface area contributed by atoms with Crippen LogP contribution in [-0.4, -0.2) is 54.5 Å². The highest BCUT2D eigenvalue weighted by Crippen LogP contribution is 2.29. The first-order valence-corrected chi connectivity index (χ1v) is 11.2. The van der Waals surface area contributed by atoms with Gasteiger partial charge in [0.1, 0.15) is 11.5 Å². The Bertz CT molecular complexity index is 1060. The zero-order valence-corrected chi connectivity index (χ0v) is 19.3. The first-order chi connectivity index (χ1) is 16.7. The molecule has 188 valence electrons. The molecule has 7 nitrogen and oxygen atoms in total. The number of carbonyl (C=O) groups is 3. The molecule has 0 N–H and O–H groups in total. The molecule has 1 amide bonds. The third-order valence-electron chi connectivity index (χ3n) is 5.56. The first-order valence-electron chi connectivity index (χ1n) is 11.2. The fraction of sp³-hybridized carbons (Fsp3) is 0.400. The lowest BCUT2D eigenvalue weighted by Crippen LogP contribution is -2.50. The SMILES string of the molecule is COC(=O)COc1cccc(CN2C(=O)CCCN2CCC(=O)Cc2cccc(C(F)(F)F)c2)c1. The fourth-order valence-corrected chi connectivity index (χ4v) is 3.78. The van der Waals surface area contributed by atoms with Crippen molar-refractivity contribution in [2.75, 3.05) is 26.8 Å². The zero-order valence-electron chi connectivity index (χ0n) is 19.3. The van der Waals surface area contributed by atoms with Gasteiger partial charge in [-0.15, -0.1) is 0 Å². The minimum atomic E-state index is -4.46. The summed E-state index contributed by atoms with van der Waals surface area (Å²) in [6.07, 6.45) is -3.43. The summed E-state index contributed by atoms with van der Waals surface area (Å²) < 4.78 is 48.7. The summed E-state index contributed by atoms with van der Waals surface area (Å²) in [7, 11) is 1.27. The van der Waals surface area contributed by atoms with Crippen molar-refractivity contribution in [3.63, 3.8) is 0 Å². The van der Waals surface area contributed by atoms with Gasteiger partial charge in [0.2, 0.25) is 5.91 Å². The standard InChI is InChI=1S/C25H27F3N2O5/c1-34-24(33)17-35-22-8-3-6-19(15-22)16-30-23(32)9-4-11-29(30)12-10-21(31)14-18-5-2-7-20(13-18)25(26,27)28/h2-3,5-8,13,15H,4,9-12,14,16-17H2,1H3. The minimum absolute atomic E-state index is 0.0811. The van der Waals surface area contributed by atoms with Gasteiger partial charge in [-0.05, 0) is 35.7 Å². The second-order valence-corrected chi connectivity index (χ2v) is 8.18. The average Bonchev–Trinajstić information content (AvgIpc) is 2.83. The molecule has 0 aliphatic carbocycles. The summed E-state index contributed by atoms with van der Waals surface area (Å²) in [5.41, 5.74) is 0.302. The lowest BCUT2D eigenvalue weighted by molar-refractivity contribution is -0.158. The van der Waals surface area contributed by atoms with Crippen LogP contribution in [0.3, 0.4) is 0 Å². The van der Waals surface area contributed by atoms with Crippen LogP contribution in [0.15, 0.2) is 48.5 Å². The van der Waals surface area contributed by atoms with Crippen LogP contribution in [0, 0.1) is 0 Å². The van der Waals surface area contributed by atoms with E-state index in [1.165, 1.54) is 19.2 Å². The van der Waals surface area contributed by atoms with Gasteiger partial charge in [0.15, 0.2) is 6.61 Å². The van der Waals surface area contributed by atoms with Crippen molar-refractivity contribution < 1.29 is 37.0 Å². The van der Waals surface area contributed by atoms with Gasteiger partial charge in [0, 0.05) is 32.4 Å². The Morgan fingerprint density at radius 1 is 1.06 bits per heavy atom. The summed E-state index contributed by atoms with van der Waals surface area (Å²) in [4.78, 5) is 36.4. The highest BCUT2D eigenvalue weighted by Gasteiger charge is 2.30. The van der Waals surface area contributed by atoms with E-state index in [2.05, 4.69) is 4.74 Å². The van der Waals surface area contributed by atoms with Gasteiger partial charge in [0.25, 0.3) is 0 Å². The van der Waals surface area contributed by atoms with Crippen molar-refractivity contribution in [1.82, 2.24) is 10.0 Å². The van der Waals surface area contributed by atoms with Crippen LogP contribution in [0.4, 0.5) is 13.2 Å². The summed E-state index contributed by atoms with van der Waals surface area (Å²) in [5.74, 6) is -0.342. The number of amides is 1. The van der Waals surface area contributed by atoms with Crippen molar-refractivity contribution in [2.45, 2.75) is 38.4 Å². The number of hydrogen-bond donors (Lipinski definition) is 0. The molecule has 2 aromatic rings. The molecule has 3 rings (SSSR count). The maximum absolute atomic E-state index is 12.9. The number of hydrogen-bond acceptors (Lipinski definition) is 6. The normalized spacial score (nSPS) is 14.6. The number of nitrogens with zero attached hydrogens (tertiary/aromatic N) is 2. The van der Waals surface area contributed by atoms with Crippen LogP contribution in [0.5, 0.6) is 5.75 Å². The molecule has 0 aromatic heterocycles. The second kappa shape index (κ2) is 11.8. The van der Waals surface area contributed by atoms with Crippen molar-refractivity contribution >= 4 is 17.7 Å². The van der Waals surface area contributed by atoms with Gasteiger partial charge in [0.05, 0.1) is 19.2 Å². The van der Waals surface area contributed by atoms with Crippen LogP contribution < -0.4 is 4.74 Å². The van der Waals surface area contributed by atoms with Crippen molar-refractivity contribution in [3.05, 3.63) is 65.2 Å². The molecule has 0 bridgehead atoms. The third kappa shape index (κ3) is 7.81. The van der Waals surface area contributed by atoms with E-state index in [-0.39, 0.29) is 44.2 Å². The zero-order chi connectivity index (χ0) is 25.4. The molecule has 35 heavy (non-hydrogen) atoms. The number of rotatable bonds is 10. The van der Waals surface area contributed by atoms with E-state index in [1.54, 1.807) is 28.2 Å². The van der Waals surface area contributed by atoms with Gasteiger partial charge in [-0.25, -0.2) is 9.80 Å². The number of ketones is 1. The highest BCUT2D eigenvalue weighted by molar-refractivity contribution is 5.81. The Morgan fingerprint density at radius 2 is 1.80 bits per heavy atom. The van der Waals surface area contributed by atoms with Crippen LogP contribution in [0.25, 0.3) is 0 Å². The lowest BCUT2D eigenvalue weighted by atomic mass is 10.0. The van der Waals surface area contributed by atoms with E-state index in [1.807, 2.05) is 6.07 Å². The maximum Gasteiger partial charge on any atom is 0.416 e. The molecule has 0 atom stereocenters. The number of ether oxygens (including phenoxy) is 2. The number of carbonyl (C=O) groups excluding carboxylic acids is 3. The quantitative estimate of drug-likeness (QED) is 0.470. The van der Waals surface area contributed by atoms with Crippen molar-refractivity contribution in [2.24, 2.45) is 0 Å². The van der Waals surface area contributed by atoms with Gasteiger partial charge in [-0.2, -0.15) is 13.2 Å². The van der Waals surface area contributed by atoms with E-state index in [0.717, 1.165) is 17.7 Å². The molecule has 1 aliphatic rings. The number of benzene rings is 2. The topological polar surface area (TPSA) is 76.2 Å². The van der Waals surface area contributed by atoms with E-state index in [4.69, 9.17) is 4.74 Å². The Labute approximate surface area is 201 Å². The van der Waals surface area contributed by atoms with Crippen molar-refractivity contribution in [3.8, 4) is 5.75 Å². The molecule has 2 aromatic carbocycles. The lowest BCUT2D eigenvalue weighted by Gasteiger charge is -2.38. The molecule has 10 heteroatoms. The molecule has 0 radical (unpaired) electrons. The summed E-state index contributed by atoms with van der Waals surface area (Å²) in [6, 6.07) is 11.7. The smallest absolute Gasteiger partial charge is 0.416 e. The summed E-state index contributed by atoms with van der Waals surface area (Å²) in [6.45, 7) is 0.891. The van der Waals surface area contributed by atoms with Crippen LogP contribution in [0.1, 0.15) is 36.0 Å². The fourth-order valence-electron chi connectivity index (χ4n) is 3.78. The number of Topliss-reactive ketones (excluding diaryl/α,β-unsaturated/α-hetero) is 1. The molecule has 1 saturated heterocycles. The van der Waals surface area contributed by atoms with Crippen LogP contribution >= 0.6 is 0 Å². The Kier molecular flexibility index (Phi) is 8.86. The van der Waals surface area contributed by atoms with Gasteiger partial charge in [-0.3, -0.25) is 14.6 Å². The van der Waals surface area contributed by atoms with E-state index < -0.39 is 17.7 Å². The van der Waals surface area contributed by atoms with E-state index >= 15 is 0 Å². The second-order valence-electron chi connectivity index (χ2n) is 8.18. The monoisotopic (exact) mass is 492 g/mol. The predicted octanol–water partition coefficient (Wildman–Crippen LogP) is 3.80. The predicted molar refractivity (Wildman–Crippen MR) is 120 cm³/mol. The van der Waals surface area contributed by atoms with Crippen molar-refractivity contribution in [1.29, 1.82) is 0 Å². The summed E-state index contributed by atoms with van der Waals surface area (Å²) in [5, 5.41) is 3.39. The minimum Gasteiger partial charge on any atom is -0.482 e. The molecule has 1 fully saturated rings. The largest absolute Gasteiger partial charge is 0.482 e. The van der Waals surface area contributed by atoms with Gasteiger partial charge >= 0.3 is 12.1 Å². The van der Waals surface area contributed by atoms with Gasteiger partial charge in [-0.1, -0.05) is 30.3 Å².